The Hall–Kier alpha value is -3.72. The van der Waals surface area contributed by atoms with Crippen molar-refractivity contribution in [2.75, 3.05) is 18.9 Å². The Morgan fingerprint density at radius 1 is 1.02 bits per heavy atom. The number of aliphatic hydroxyl groups is 1. The first kappa shape index (κ1) is 46.0. The highest BCUT2D eigenvalue weighted by Crippen LogP contribution is 2.47. The fourth-order valence-corrected chi connectivity index (χ4v) is 7.81. The number of nitrogens with zero attached hydrogens (tertiary/aromatic N) is 5. The zero-order chi connectivity index (χ0) is 40.9. The lowest BCUT2D eigenvalue weighted by Gasteiger charge is -2.26. The summed E-state index contributed by atoms with van der Waals surface area (Å²) >= 11 is 0. The van der Waals surface area contributed by atoms with E-state index in [1.165, 1.54) is 93.6 Å². The summed E-state index contributed by atoms with van der Waals surface area (Å²) in [5.74, 6) is -0.326. The van der Waals surface area contributed by atoms with Crippen LogP contribution in [0.25, 0.3) is 5.52 Å². The maximum Gasteiger partial charge on any atom is 0.472 e. The number of unbranched alkanes of at least 4 members (excludes halogenated alkanes) is 14. The molecule has 0 spiro atoms. The molecular weight excluding hydrogens is 750 g/mol. The zero-order valence-corrected chi connectivity index (χ0v) is 34.2. The monoisotopic (exact) mass is 810 g/mol. The largest absolute Gasteiger partial charge is 0.472 e. The number of nitriles is 2. The molecule has 4 N–H and O–H groups in total. The number of nitrogens with two attached hydrogens (primary N) is 1. The van der Waals surface area contributed by atoms with Crippen LogP contribution in [0.5, 0.6) is 0 Å². The Kier molecular flexibility index (Phi) is 19.6. The highest BCUT2D eigenvalue weighted by atomic mass is 31.2. The third-order valence-corrected chi connectivity index (χ3v) is 11.3. The number of ether oxygens (including phenoxy) is 2. The lowest BCUT2D eigenvalue weighted by molar-refractivity contribution is -0.0763. The first-order valence-corrected chi connectivity index (χ1v) is 22.0. The van der Waals surface area contributed by atoms with Gasteiger partial charge in [-0.05, 0) is 68.0 Å². The number of allylic oxidation sites excluding steroid dienone is 2. The number of anilines is 1. The molecule has 1 aliphatic rings. The second kappa shape index (κ2) is 24.3. The molecule has 3 heterocycles. The summed E-state index contributed by atoms with van der Waals surface area (Å²) in [6.07, 6.45) is 22.6. The summed E-state index contributed by atoms with van der Waals surface area (Å²) in [7, 11) is -4.77. The summed E-state index contributed by atoms with van der Waals surface area (Å²) in [5, 5.41) is 34.4. The molecule has 15 heteroatoms. The SMILES string of the molecule is CCCCCCCC/C=C/CCCCCCCCCC[C@H](COP(=O)(O)OC[C@@]1(C#N)O[C@@H](c2ccc3c(N)ncnn23)C[C@@H]1O)OCc1cc(F)cc(C#N)c1. The van der Waals surface area contributed by atoms with Crippen molar-refractivity contribution < 1.29 is 37.5 Å². The second-order valence-corrected chi connectivity index (χ2v) is 16.4. The molecule has 2 aromatic heterocycles. The lowest BCUT2D eigenvalue weighted by atomic mass is 9.99. The van der Waals surface area contributed by atoms with Crippen molar-refractivity contribution in [1.29, 1.82) is 10.5 Å². The van der Waals surface area contributed by atoms with Gasteiger partial charge < -0.3 is 25.2 Å². The maximum atomic E-state index is 14.1. The summed E-state index contributed by atoms with van der Waals surface area (Å²) in [6.45, 7) is 1.12. The zero-order valence-electron chi connectivity index (χ0n) is 33.3. The van der Waals surface area contributed by atoms with Gasteiger partial charge in [-0.2, -0.15) is 15.6 Å². The first-order valence-electron chi connectivity index (χ1n) is 20.5. The number of benzene rings is 1. The van der Waals surface area contributed by atoms with Gasteiger partial charge in [0.25, 0.3) is 0 Å². The van der Waals surface area contributed by atoms with Crippen LogP contribution in [0.4, 0.5) is 10.2 Å². The average Bonchev–Trinajstić information content (AvgIpc) is 3.79. The van der Waals surface area contributed by atoms with Gasteiger partial charge >= 0.3 is 7.82 Å². The van der Waals surface area contributed by atoms with E-state index in [0.29, 0.717) is 23.2 Å². The molecule has 1 unspecified atom stereocenters. The minimum atomic E-state index is -4.77. The van der Waals surface area contributed by atoms with Crippen LogP contribution in [-0.2, 0) is 29.7 Å². The van der Waals surface area contributed by atoms with Crippen molar-refractivity contribution in [2.24, 2.45) is 0 Å². The van der Waals surface area contributed by atoms with E-state index in [1.54, 1.807) is 12.1 Å². The Bertz CT molecular complexity index is 1830. The highest BCUT2D eigenvalue weighted by molar-refractivity contribution is 7.47. The van der Waals surface area contributed by atoms with Crippen LogP contribution >= 0.6 is 7.82 Å². The number of aliphatic hydroxyl groups excluding tert-OH is 1. The van der Waals surface area contributed by atoms with Crippen molar-refractivity contribution >= 4 is 19.2 Å². The van der Waals surface area contributed by atoms with Crippen molar-refractivity contribution in [3.8, 4) is 12.1 Å². The Balaban J connectivity index is 1.20. The lowest BCUT2D eigenvalue weighted by Crippen LogP contribution is -2.42. The Morgan fingerprint density at radius 2 is 1.68 bits per heavy atom. The second-order valence-electron chi connectivity index (χ2n) is 14.9. The standard InChI is InChI=1S/C42H60FN6O7P/c1-2-3-4-5-6-7-8-9-10-11-12-13-14-15-16-17-18-19-20-36(53-28-34-23-33(27-44)24-35(43)25-34)29-54-57(51,52)55-31-42(30-45)40(50)26-39(56-42)37-21-22-38-41(46)47-32-48-49(37)38/h9-10,21-25,32,36,39-40,50H,2-8,11-20,26,28-29,31H2,1H3,(H,51,52)(H2,46,47,48)/b10-9+/t36-,39-,40+,42-/m1/s1. The van der Waals surface area contributed by atoms with Crippen molar-refractivity contribution in [3.63, 3.8) is 0 Å². The third kappa shape index (κ3) is 15.2. The van der Waals surface area contributed by atoms with E-state index in [1.807, 2.05) is 12.1 Å². The number of halogens is 1. The number of hydrogen-bond donors (Lipinski definition) is 3. The van der Waals surface area contributed by atoms with Gasteiger partial charge in [0.1, 0.15) is 42.5 Å². The van der Waals surface area contributed by atoms with Gasteiger partial charge in [0.2, 0.25) is 5.60 Å². The van der Waals surface area contributed by atoms with Crippen LogP contribution < -0.4 is 5.73 Å². The molecule has 1 aromatic carbocycles. The van der Waals surface area contributed by atoms with Gasteiger partial charge in [0.15, 0.2) is 5.82 Å². The number of fused-ring (bicyclic) bond motifs is 1. The molecule has 0 bridgehead atoms. The third-order valence-electron chi connectivity index (χ3n) is 10.3. The minimum Gasteiger partial charge on any atom is -0.389 e. The van der Waals surface area contributed by atoms with Gasteiger partial charge in [0, 0.05) is 6.42 Å². The molecule has 4 rings (SSSR count). The quantitative estimate of drug-likeness (QED) is 0.0357. The number of aromatic nitrogens is 3. The van der Waals surface area contributed by atoms with Crippen LogP contribution in [0.2, 0.25) is 0 Å². The predicted octanol–water partition coefficient (Wildman–Crippen LogP) is 9.33. The number of nitrogen functional groups attached to an aromatic ring is 1. The number of hydrogen-bond acceptors (Lipinski definition) is 11. The molecule has 0 aliphatic carbocycles. The van der Waals surface area contributed by atoms with E-state index < -0.39 is 44.2 Å². The van der Waals surface area contributed by atoms with Crippen LogP contribution in [0, 0.1) is 28.5 Å². The molecule has 0 saturated carbocycles. The summed E-state index contributed by atoms with van der Waals surface area (Å²) < 4.78 is 51.2. The average molecular weight is 811 g/mol. The highest BCUT2D eigenvalue weighted by Gasteiger charge is 2.51. The molecule has 1 saturated heterocycles. The van der Waals surface area contributed by atoms with Crippen LogP contribution in [0.1, 0.15) is 145 Å². The summed E-state index contributed by atoms with van der Waals surface area (Å²) in [5.41, 5.74) is 5.59. The molecule has 1 fully saturated rings. The van der Waals surface area contributed by atoms with Crippen LogP contribution in [0.3, 0.4) is 0 Å². The maximum absolute atomic E-state index is 14.1. The van der Waals surface area contributed by atoms with E-state index in [0.717, 1.165) is 38.2 Å². The van der Waals surface area contributed by atoms with E-state index >= 15 is 0 Å². The van der Waals surface area contributed by atoms with Crippen molar-refractivity contribution in [2.45, 2.75) is 153 Å². The van der Waals surface area contributed by atoms with Gasteiger partial charge in [-0.15, -0.1) is 0 Å². The van der Waals surface area contributed by atoms with E-state index in [4.69, 9.17) is 24.3 Å². The fourth-order valence-electron chi connectivity index (χ4n) is 7.03. The predicted molar refractivity (Wildman–Crippen MR) is 215 cm³/mol. The molecule has 1 aliphatic heterocycles. The Morgan fingerprint density at radius 3 is 2.35 bits per heavy atom. The molecule has 0 radical (unpaired) electrons. The molecule has 13 nitrogen and oxygen atoms in total. The summed E-state index contributed by atoms with van der Waals surface area (Å²) in [4.78, 5) is 14.6. The normalized spacial score (nSPS) is 19.8. The van der Waals surface area contributed by atoms with Crippen LogP contribution in [0.15, 0.2) is 48.8 Å². The van der Waals surface area contributed by atoms with Crippen molar-refractivity contribution in [1.82, 2.24) is 14.6 Å². The van der Waals surface area contributed by atoms with Gasteiger partial charge in [-0.1, -0.05) is 96.1 Å². The molecule has 312 valence electrons. The molecule has 57 heavy (non-hydrogen) atoms. The van der Waals surface area contributed by atoms with E-state index in [-0.39, 0.29) is 31.0 Å². The number of phosphoric ester groups is 1. The molecular formula is C42H60FN6O7P. The molecule has 5 atom stereocenters. The first-order chi connectivity index (χ1) is 27.6. The molecule has 3 aromatic rings. The summed E-state index contributed by atoms with van der Waals surface area (Å²) in [6, 6.07) is 11.1. The van der Waals surface area contributed by atoms with Gasteiger partial charge in [-0.25, -0.2) is 18.5 Å². The van der Waals surface area contributed by atoms with Gasteiger partial charge in [0.05, 0.1) is 36.6 Å². The Labute approximate surface area is 336 Å². The van der Waals surface area contributed by atoms with Crippen LogP contribution in [-0.4, -0.2) is 55.6 Å². The number of phosphoric acid groups is 1. The smallest absolute Gasteiger partial charge is 0.389 e. The number of rotatable bonds is 28. The van der Waals surface area contributed by atoms with E-state index in [9.17, 15) is 29.5 Å². The minimum absolute atomic E-state index is 0.00988. The fraction of sp³-hybridized carbons (Fsp3) is 0.619. The van der Waals surface area contributed by atoms with Crippen molar-refractivity contribution in [3.05, 3.63) is 71.4 Å². The van der Waals surface area contributed by atoms with E-state index in [2.05, 4.69) is 29.2 Å². The van der Waals surface area contributed by atoms with Gasteiger partial charge in [-0.3, -0.25) is 9.05 Å². The topological polar surface area (TPSA) is 198 Å². The molecule has 0 amide bonds.